The Bertz CT molecular complexity index is 882. The van der Waals surface area contributed by atoms with Gasteiger partial charge in [-0.15, -0.1) is 0 Å². The van der Waals surface area contributed by atoms with Crippen molar-refractivity contribution in [3.63, 3.8) is 0 Å². The molecule has 1 amide bonds. The van der Waals surface area contributed by atoms with Gasteiger partial charge >= 0.3 is 5.97 Å². The molecule has 0 aromatic heterocycles. The minimum absolute atomic E-state index is 0.0897. The number of ether oxygens (including phenoxy) is 1. The van der Waals surface area contributed by atoms with Crippen molar-refractivity contribution in [1.82, 2.24) is 4.90 Å². The van der Waals surface area contributed by atoms with Gasteiger partial charge in [-0.05, 0) is 47.2 Å². The number of nitrogens with one attached hydrogen (secondary N) is 1. The summed E-state index contributed by atoms with van der Waals surface area (Å²) in [7, 11) is 3.51. The van der Waals surface area contributed by atoms with Crippen LogP contribution in [0.3, 0.4) is 0 Å². The largest absolute Gasteiger partial charge is 0.481 e. The molecule has 6 heteroatoms. The standard InChI is InChI=1S/C26H36N2O4/c1-4-5-6-10-25(29)28(2)19-20-8-7-9-22(17-20)23-12-11-21(13-14-26(30)31)24(18-23)27-15-16-32-3/h7-9,11-12,17-18,27H,4-6,10,13-16,19H2,1-3H3,(H,30,31). The van der Waals surface area contributed by atoms with Crippen molar-refractivity contribution in [1.29, 1.82) is 0 Å². The Labute approximate surface area is 191 Å². The average Bonchev–Trinajstić information content (AvgIpc) is 2.78. The fourth-order valence-corrected chi connectivity index (χ4v) is 3.60. The summed E-state index contributed by atoms with van der Waals surface area (Å²) in [6.45, 7) is 3.92. The minimum atomic E-state index is -0.807. The van der Waals surface area contributed by atoms with Crippen LogP contribution in [-0.4, -0.2) is 49.2 Å². The van der Waals surface area contributed by atoms with E-state index in [4.69, 9.17) is 9.84 Å². The zero-order valence-electron chi connectivity index (χ0n) is 19.5. The van der Waals surface area contributed by atoms with Gasteiger partial charge in [0.15, 0.2) is 0 Å². The summed E-state index contributed by atoms with van der Waals surface area (Å²) < 4.78 is 5.13. The molecule has 32 heavy (non-hydrogen) atoms. The second-order valence-corrected chi connectivity index (χ2v) is 8.09. The highest BCUT2D eigenvalue weighted by atomic mass is 16.5. The molecular weight excluding hydrogens is 404 g/mol. The quantitative estimate of drug-likeness (QED) is 0.406. The van der Waals surface area contributed by atoms with Crippen LogP contribution in [0.2, 0.25) is 0 Å². The molecule has 0 aliphatic carbocycles. The van der Waals surface area contributed by atoms with Gasteiger partial charge in [0, 0.05) is 45.8 Å². The summed E-state index contributed by atoms with van der Waals surface area (Å²) in [6.07, 6.45) is 4.28. The number of rotatable bonds is 14. The number of hydrogen-bond donors (Lipinski definition) is 2. The van der Waals surface area contributed by atoms with Crippen LogP contribution in [0.5, 0.6) is 0 Å². The van der Waals surface area contributed by atoms with E-state index in [2.05, 4.69) is 30.4 Å². The van der Waals surface area contributed by atoms with Gasteiger partial charge < -0.3 is 20.1 Å². The number of carbonyl (C=O) groups excluding carboxylic acids is 1. The van der Waals surface area contributed by atoms with Crippen LogP contribution in [0, 0.1) is 0 Å². The van der Waals surface area contributed by atoms with Crippen LogP contribution in [0.1, 0.15) is 50.2 Å². The molecule has 0 bridgehead atoms. The summed E-state index contributed by atoms with van der Waals surface area (Å²) >= 11 is 0. The number of carboxylic acid groups (broad SMARTS) is 1. The highest BCUT2D eigenvalue weighted by molar-refractivity contribution is 5.76. The Balaban J connectivity index is 2.16. The number of nitrogens with zero attached hydrogens (tertiary/aromatic N) is 1. The van der Waals surface area contributed by atoms with E-state index < -0.39 is 5.97 Å². The lowest BCUT2D eigenvalue weighted by molar-refractivity contribution is -0.137. The predicted molar refractivity (Wildman–Crippen MR) is 129 cm³/mol. The van der Waals surface area contributed by atoms with Crippen molar-refractivity contribution < 1.29 is 19.4 Å². The van der Waals surface area contributed by atoms with E-state index in [9.17, 15) is 9.59 Å². The van der Waals surface area contributed by atoms with E-state index in [1.807, 2.05) is 31.3 Å². The van der Waals surface area contributed by atoms with Gasteiger partial charge in [0.05, 0.1) is 6.61 Å². The van der Waals surface area contributed by atoms with Gasteiger partial charge in [0.25, 0.3) is 0 Å². The number of aryl methyl sites for hydroxylation is 1. The average molecular weight is 441 g/mol. The Morgan fingerprint density at radius 3 is 2.56 bits per heavy atom. The van der Waals surface area contributed by atoms with Crippen molar-refractivity contribution in [3.8, 4) is 11.1 Å². The van der Waals surface area contributed by atoms with Crippen LogP contribution in [0.4, 0.5) is 5.69 Å². The van der Waals surface area contributed by atoms with Crippen molar-refractivity contribution in [3.05, 3.63) is 53.6 Å². The number of amides is 1. The molecule has 0 saturated heterocycles. The molecular formula is C26H36N2O4. The molecule has 0 atom stereocenters. The van der Waals surface area contributed by atoms with Crippen LogP contribution >= 0.6 is 0 Å². The van der Waals surface area contributed by atoms with Crippen LogP contribution in [-0.2, 0) is 27.3 Å². The number of hydrogen-bond acceptors (Lipinski definition) is 4. The first-order valence-electron chi connectivity index (χ1n) is 11.4. The first kappa shape index (κ1) is 25.4. The molecule has 2 N–H and O–H groups in total. The highest BCUT2D eigenvalue weighted by Gasteiger charge is 2.11. The summed E-state index contributed by atoms with van der Waals surface area (Å²) in [5.74, 6) is -0.630. The van der Waals surface area contributed by atoms with Crippen molar-refractivity contribution >= 4 is 17.6 Å². The molecule has 2 aromatic carbocycles. The third-order valence-electron chi connectivity index (χ3n) is 5.44. The van der Waals surface area contributed by atoms with E-state index in [0.29, 0.717) is 32.5 Å². The summed E-state index contributed by atoms with van der Waals surface area (Å²) in [5.41, 5.74) is 5.09. The molecule has 2 aromatic rings. The van der Waals surface area contributed by atoms with Crippen molar-refractivity contribution in [2.45, 2.75) is 52.0 Å². The molecule has 0 radical (unpaired) electrons. The maximum Gasteiger partial charge on any atom is 0.303 e. The predicted octanol–water partition coefficient (Wildman–Crippen LogP) is 4.97. The molecule has 2 rings (SSSR count). The normalized spacial score (nSPS) is 10.7. The van der Waals surface area contributed by atoms with Crippen LogP contribution in [0.25, 0.3) is 11.1 Å². The second-order valence-electron chi connectivity index (χ2n) is 8.09. The van der Waals surface area contributed by atoms with Gasteiger partial charge in [-0.3, -0.25) is 9.59 Å². The number of unbranched alkanes of at least 4 members (excludes halogenated alkanes) is 2. The van der Waals surface area contributed by atoms with Gasteiger partial charge in [-0.2, -0.15) is 0 Å². The fourth-order valence-electron chi connectivity index (χ4n) is 3.60. The number of methoxy groups -OCH3 is 1. The number of anilines is 1. The van der Waals surface area contributed by atoms with E-state index >= 15 is 0 Å². The smallest absolute Gasteiger partial charge is 0.303 e. The summed E-state index contributed by atoms with van der Waals surface area (Å²) in [4.78, 5) is 25.2. The van der Waals surface area contributed by atoms with E-state index in [-0.39, 0.29) is 12.3 Å². The van der Waals surface area contributed by atoms with Crippen LogP contribution < -0.4 is 5.32 Å². The topological polar surface area (TPSA) is 78.9 Å². The van der Waals surface area contributed by atoms with Gasteiger partial charge in [-0.25, -0.2) is 0 Å². The third-order valence-corrected chi connectivity index (χ3v) is 5.44. The molecule has 0 spiro atoms. The SMILES string of the molecule is CCCCCC(=O)N(C)Cc1cccc(-c2ccc(CCC(=O)O)c(NCCOC)c2)c1. The Kier molecular flexibility index (Phi) is 10.7. The molecule has 0 aliphatic rings. The highest BCUT2D eigenvalue weighted by Crippen LogP contribution is 2.27. The maximum absolute atomic E-state index is 12.4. The lowest BCUT2D eigenvalue weighted by Gasteiger charge is -2.18. The number of carbonyl (C=O) groups is 2. The third kappa shape index (κ3) is 8.35. The summed E-state index contributed by atoms with van der Waals surface area (Å²) in [6, 6.07) is 14.3. The Morgan fingerprint density at radius 2 is 1.84 bits per heavy atom. The first-order chi connectivity index (χ1) is 15.4. The Hall–Kier alpha value is -2.86. The lowest BCUT2D eigenvalue weighted by Crippen LogP contribution is -2.25. The van der Waals surface area contributed by atoms with Crippen LogP contribution in [0.15, 0.2) is 42.5 Å². The number of benzene rings is 2. The monoisotopic (exact) mass is 440 g/mol. The number of aliphatic carboxylic acids is 1. The van der Waals surface area contributed by atoms with Crippen molar-refractivity contribution in [2.24, 2.45) is 0 Å². The molecule has 6 nitrogen and oxygen atoms in total. The zero-order chi connectivity index (χ0) is 23.3. The van der Waals surface area contributed by atoms with E-state index in [1.165, 1.54) is 0 Å². The Morgan fingerprint density at radius 1 is 1.06 bits per heavy atom. The maximum atomic E-state index is 12.4. The zero-order valence-corrected chi connectivity index (χ0v) is 19.5. The molecule has 0 aliphatic heterocycles. The van der Waals surface area contributed by atoms with Gasteiger partial charge in [0.1, 0.15) is 0 Å². The molecule has 0 unspecified atom stereocenters. The van der Waals surface area contributed by atoms with Gasteiger partial charge in [-0.1, -0.05) is 50.1 Å². The molecule has 0 saturated carbocycles. The fraction of sp³-hybridized carbons (Fsp3) is 0.462. The molecule has 0 fully saturated rings. The van der Waals surface area contributed by atoms with Gasteiger partial charge in [0.2, 0.25) is 5.91 Å². The lowest BCUT2D eigenvalue weighted by atomic mass is 9.98. The number of carboxylic acids is 1. The molecule has 174 valence electrons. The van der Waals surface area contributed by atoms with Crippen molar-refractivity contribution in [2.75, 3.05) is 32.6 Å². The molecule has 0 heterocycles. The second kappa shape index (κ2) is 13.5. The van der Waals surface area contributed by atoms with E-state index in [0.717, 1.165) is 47.2 Å². The minimum Gasteiger partial charge on any atom is -0.481 e. The summed E-state index contributed by atoms with van der Waals surface area (Å²) in [5, 5.41) is 12.4. The van der Waals surface area contributed by atoms with E-state index in [1.54, 1.807) is 12.0 Å². The first-order valence-corrected chi connectivity index (χ1v) is 11.4.